The molecule has 3 fully saturated rings. The number of amides is 1. The number of Topliss-reactive ketones (excluding diaryl/α,β-unsaturated/α-hetero) is 2. The molecule has 264 valence electrons. The van der Waals surface area contributed by atoms with E-state index >= 15 is 0 Å². The molecule has 0 bridgehead atoms. The van der Waals surface area contributed by atoms with Gasteiger partial charge in [0, 0.05) is 48.4 Å². The van der Waals surface area contributed by atoms with E-state index in [2.05, 4.69) is 44.0 Å². The van der Waals surface area contributed by atoms with Gasteiger partial charge in [0.25, 0.3) is 5.91 Å². The first-order valence-electron chi connectivity index (χ1n) is 19.3. The van der Waals surface area contributed by atoms with Crippen molar-refractivity contribution in [2.45, 2.75) is 123 Å². The third-order valence-corrected chi connectivity index (χ3v) is 11.9. The number of hydrogen-bond donors (Lipinski definition) is 0. The van der Waals surface area contributed by atoms with Crippen molar-refractivity contribution in [1.82, 2.24) is 15.1 Å². The van der Waals surface area contributed by atoms with Crippen molar-refractivity contribution in [3.63, 3.8) is 0 Å². The van der Waals surface area contributed by atoms with Gasteiger partial charge in [-0.25, -0.2) is 0 Å². The molecule has 5 atom stereocenters. The molecular formula is C43H53N3O4. The van der Waals surface area contributed by atoms with Crippen LogP contribution in [0.4, 0.5) is 0 Å². The van der Waals surface area contributed by atoms with Crippen molar-refractivity contribution in [2.75, 3.05) is 6.54 Å². The zero-order valence-electron chi connectivity index (χ0n) is 30.3. The molecule has 1 amide bonds. The molecule has 7 rings (SSSR count). The summed E-state index contributed by atoms with van der Waals surface area (Å²) in [7, 11) is 0. The molecule has 5 unspecified atom stereocenters. The number of ketones is 2. The third kappa shape index (κ3) is 7.57. The molecule has 2 aromatic carbocycles. The summed E-state index contributed by atoms with van der Waals surface area (Å²) in [6, 6.07) is 16.0. The number of aromatic nitrogens is 2. The van der Waals surface area contributed by atoms with Crippen molar-refractivity contribution in [3.8, 4) is 22.8 Å². The van der Waals surface area contributed by atoms with Gasteiger partial charge in [-0.3, -0.25) is 14.4 Å². The van der Waals surface area contributed by atoms with Crippen LogP contribution in [0, 0.1) is 23.7 Å². The van der Waals surface area contributed by atoms with Crippen LogP contribution in [0.5, 0.6) is 11.5 Å². The second-order valence-corrected chi connectivity index (χ2v) is 16.2. The van der Waals surface area contributed by atoms with Crippen LogP contribution in [0.1, 0.15) is 137 Å². The van der Waals surface area contributed by atoms with Gasteiger partial charge in [0.15, 0.2) is 0 Å². The Morgan fingerprint density at radius 2 is 1.62 bits per heavy atom. The zero-order chi connectivity index (χ0) is 34.9. The Morgan fingerprint density at radius 1 is 0.840 bits per heavy atom. The van der Waals surface area contributed by atoms with E-state index in [1.54, 1.807) is 0 Å². The molecule has 50 heavy (non-hydrogen) atoms. The van der Waals surface area contributed by atoms with Gasteiger partial charge in [-0.05, 0) is 122 Å². The number of nitrogens with zero attached hydrogens (tertiary/aromatic N) is 3. The Balaban J connectivity index is 1.16. The van der Waals surface area contributed by atoms with E-state index in [4.69, 9.17) is 4.74 Å². The van der Waals surface area contributed by atoms with Crippen LogP contribution in [0.15, 0.2) is 48.5 Å². The molecule has 0 radical (unpaired) electrons. The highest BCUT2D eigenvalue weighted by atomic mass is 16.5. The highest BCUT2D eigenvalue weighted by Gasteiger charge is 2.41. The Hall–Kier alpha value is -3.87. The molecule has 1 aliphatic heterocycles. The van der Waals surface area contributed by atoms with Crippen molar-refractivity contribution in [3.05, 3.63) is 70.9 Å². The summed E-state index contributed by atoms with van der Waals surface area (Å²) in [5, 5.41) is 8.83. The second-order valence-electron chi connectivity index (χ2n) is 16.2. The molecule has 0 spiro atoms. The fourth-order valence-electron chi connectivity index (χ4n) is 8.70. The van der Waals surface area contributed by atoms with Gasteiger partial charge in [0.2, 0.25) is 0 Å². The first kappa shape index (κ1) is 34.6. The van der Waals surface area contributed by atoms with Gasteiger partial charge in [-0.15, -0.1) is 0 Å². The minimum absolute atomic E-state index is 0.00359. The van der Waals surface area contributed by atoms with Crippen LogP contribution in [0.25, 0.3) is 11.3 Å². The number of ether oxygens (including phenoxy) is 1. The molecule has 7 nitrogen and oxygen atoms in total. The number of carbonyl (C=O) groups excluding carboxylic acids is 3. The van der Waals surface area contributed by atoms with Gasteiger partial charge in [-0.1, -0.05) is 53.0 Å². The van der Waals surface area contributed by atoms with Gasteiger partial charge in [-0.2, -0.15) is 10.2 Å². The van der Waals surface area contributed by atoms with E-state index in [1.165, 1.54) is 12.8 Å². The number of hydrogen-bond acceptors (Lipinski definition) is 6. The molecule has 0 saturated heterocycles. The number of aryl methyl sites for hydroxylation is 1. The Labute approximate surface area is 297 Å². The number of carbonyl (C=O) groups is 3. The average Bonchev–Trinajstić information content (AvgIpc) is 3.97. The smallest absolute Gasteiger partial charge is 0.254 e. The van der Waals surface area contributed by atoms with E-state index in [9.17, 15) is 14.4 Å². The SMILES string of the molecule is CC1CCCC(CCc2cc3c(cc2Oc2ccc(-c4ccc(C(C)C)nn4)cc2)C(=O)N(C2CCCC(C4CC4)C(=O)C2)CC3C)C(=O)C1. The lowest BCUT2D eigenvalue weighted by molar-refractivity contribution is -0.124. The minimum Gasteiger partial charge on any atom is -0.457 e. The lowest BCUT2D eigenvalue weighted by Gasteiger charge is -2.38. The Bertz CT molecular complexity index is 1710. The summed E-state index contributed by atoms with van der Waals surface area (Å²) >= 11 is 0. The van der Waals surface area contributed by atoms with Gasteiger partial charge in [0.05, 0.1) is 11.4 Å². The molecule has 7 heteroatoms. The normalized spacial score (nSPS) is 26.1. The standard InChI is InChI=1S/C43H53N3O4/c1-26(2)38-19-20-39(45-44-38)30-15-17-34(18-16-30)50-42-24-37-36(22-32(42)14-13-31-8-5-7-27(3)21-40(31)47)28(4)25-46(43(37)49)33-9-6-10-35(29-11-12-29)41(48)23-33/h15-20,22,24,26-29,31,33,35H,5-14,21,23,25H2,1-4H3. The highest BCUT2D eigenvalue weighted by Crippen LogP contribution is 2.44. The first-order valence-corrected chi connectivity index (χ1v) is 19.3. The molecule has 3 aromatic rings. The monoisotopic (exact) mass is 675 g/mol. The van der Waals surface area contributed by atoms with Crippen LogP contribution in [-0.2, 0) is 16.0 Å². The number of fused-ring (bicyclic) bond motifs is 1. The van der Waals surface area contributed by atoms with Crippen LogP contribution in [0.2, 0.25) is 0 Å². The summed E-state index contributed by atoms with van der Waals surface area (Å²) in [6.07, 6.45) is 11.0. The maximum atomic E-state index is 14.3. The second kappa shape index (κ2) is 14.8. The third-order valence-electron chi connectivity index (χ3n) is 11.9. The topological polar surface area (TPSA) is 89.5 Å². The van der Waals surface area contributed by atoms with Crippen molar-refractivity contribution >= 4 is 17.5 Å². The molecule has 4 aliphatic rings. The van der Waals surface area contributed by atoms with Crippen molar-refractivity contribution in [2.24, 2.45) is 23.7 Å². The summed E-state index contributed by atoms with van der Waals surface area (Å²) < 4.78 is 6.63. The minimum atomic E-state index is -0.0488. The van der Waals surface area contributed by atoms with Crippen LogP contribution in [-0.4, -0.2) is 45.2 Å². The lowest BCUT2D eigenvalue weighted by Crippen LogP contribution is -2.46. The lowest BCUT2D eigenvalue weighted by atomic mass is 9.85. The quantitative estimate of drug-likeness (QED) is 0.210. The molecule has 2 heterocycles. The maximum Gasteiger partial charge on any atom is 0.254 e. The maximum absolute atomic E-state index is 14.3. The highest BCUT2D eigenvalue weighted by molar-refractivity contribution is 5.98. The summed E-state index contributed by atoms with van der Waals surface area (Å²) in [4.78, 5) is 42.8. The van der Waals surface area contributed by atoms with E-state index < -0.39 is 0 Å². The fourth-order valence-corrected chi connectivity index (χ4v) is 8.70. The van der Waals surface area contributed by atoms with Crippen LogP contribution >= 0.6 is 0 Å². The van der Waals surface area contributed by atoms with Crippen molar-refractivity contribution < 1.29 is 19.1 Å². The summed E-state index contributed by atoms with van der Waals surface area (Å²) in [5.41, 5.74) is 5.48. The fraction of sp³-hybridized carbons (Fsp3) is 0.558. The predicted octanol–water partition coefficient (Wildman–Crippen LogP) is 9.48. The largest absolute Gasteiger partial charge is 0.457 e. The first-order chi connectivity index (χ1) is 24.1. The molecular weight excluding hydrogens is 622 g/mol. The van der Waals surface area contributed by atoms with Crippen molar-refractivity contribution in [1.29, 1.82) is 0 Å². The number of benzene rings is 2. The summed E-state index contributed by atoms with van der Waals surface area (Å²) in [5.74, 6) is 3.82. The van der Waals surface area contributed by atoms with E-state index in [0.717, 1.165) is 73.0 Å². The van der Waals surface area contributed by atoms with Gasteiger partial charge < -0.3 is 9.64 Å². The van der Waals surface area contributed by atoms with Gasteiger partial charge in [0.1, 0.15) is 23.1 Å². The molecule has 3 saturated carbocycles. The summed E-state index contributed by atoms with van der Waals surface area (Å²) in [6.45, 7) is 9.21. The Kier molecular flexibility index (Phi) is 10.2. The predicted molar refractivity (Wildman–Crippen MR) is 195 cm³/mol. The molecule has 0 N–H and O–H groups in total. The van der Waals surface area contributed by atoms with Gasteiger partial charge >= 0.3 is 0 Å². The molecule has 3 aliphatic carbocycles. The van der Waals surface area contributed by atoms with Crippen LogP contribution in [0.3, 0.4) is 0 Å². The van der Waals surface area contributed by atoms with E-state index in [1.807, 2.05) is 47.4 Å². The Morgan fingerprint density at radius 3 is 2.34 bits per heavy atom. The average molecular weight is 676 g/mol. The molecule has 1 aromatic heterocycles. The van der Waals surface area contributed by atoms with E-state index in [-0.39, 0.29) is 29.7 Å². The zero-order valence-corrected chi connectivity index (χ0v) is 30.3. The number of rotatable bonds is 9. The van der Waals surface area contributed by atoms with Crippen LogP contribution < -0.4 is 4.74 Å². The van der Waals surface area contributed by atoms with E-state index in [0.29, 0.717) is 72.2 Å².